The lowest BCUT2D eigenvalue weighted by Gasteiger charge is -2.04. The van der Waals surface area contributed by atoms with Crippen LogP contribution in [0, 0.1) is 0 Å². The normalized spacial score (nSPS) is 9.93. The lowest BCUT2D eigenvalue weighted by molar-refractivity contribution is 0.0522. The lowest BCUT2D eigenvalue weighted by atomic mass is 10.3. The zero-order valence-electron chi connectivity index (χ0n) is 8.00. The Balaban J connectivity index is 2.90. The maximum Gasteiger partial charge on any atom is 0.342 e. The van der Waals surface area contributed by atoms with Crippen molar-refractivity contribution < 1.29 is 14.3 Å². The molecular weight excluding hydrogens is 268 g/mol. The molecule has 1 heterocycles. The highest BCUT2D eigenvalue weighted by Crippen LogP contribution is 2.35. The molecule has 0 aliphatic carbocycles. The number of thiophene rings is 1. The van der Waals surface area contributed by atoms with E-state index in [0.717, 1.165) is 3.79 Å². The van der Waals surface area contributed by atoms with Gasteiger partial charge in [-0.05, 0) is 29.8 Å². The van der Waals surface area contributed by atoms with Gasteiger partial charge in [0.25, 0.3) is 0 Å². The molecule has 0 bridgehead atoms. The van der Waals surface area contributed by atoms with E-state index in [1.165, 1.54) is 11.3 Å². The predicted octanol–water partition coefficient (Wildman–Crippen LogP) is 3.09. The SMILES string of the molecule is CCOC(=O)c1csc(Br)c1OCC. The molecule has 1 aromatic heterocycles. The molecule has 0 saturated heterocycles. The first-order chi connectivity index (χ1) is 6.70. The van der Waals surface area contributed by atoms with E-state index in [1.807, 2.05) is 6.92 Å². The lowest BCUT2D eigenvalue weighted by Crippen LogP contribution is -2.05. The van der Waals surface area contributed by atoms with E-state index >= 15 is 0 Å². The molecule has 78 valence electrons. The summed E-state index contributed by atoms with van der Waals surface area (Å²) in [5, 5.41) is 1.73. The molecule has 5 heteroatoms. The van der Waals surface area contributed by atoms with Crippen molar-refractivity contribution in [2.45, 2.75) is 13.8 Å². The predicted molar refractivity (Wildman–Crippen MR) is 59.1 cm³/mol. The molecule has 0 spiro atoms. The fourth-order valence-corrected chi connectivity index (χ4v) is 2.26. The van der Waals surface area contributed by atoms with Crippen LogP contribution >= 0.6 is 27.3 Å². The molecule has 0 aromatic carbocycles. The molecule has 0 unspecified atom stereocenters. The van der Waals surface area contributed by atoms with E-state index in [2.05, 4.69) is 15.9 Å². The van der Waals surface area contributed by atoms with Crippen LogP contribution in [0.4, 0.5) is 0 Å². The van der Waals surface area contributed by atoms with Gasteiger partial charge < -0.3 is 9.47 Å². The van der Waals surface area contributed by atoms with Gasteiger partial charge in [-0.1, -0.05) is 0 Å². The molecular formula is C9H11BrO3S. The quantitative estimate of drug-likeness (QED) is 0.794. The van der Waals surface area contributed by atoms with Gasteiger partial charge >= 0.3 is 5.97 Å². The van der Waals surface area contributed by atoms with Crippen molar-refractivity contribution >= 4 is 33.2 Å². The molecule has 0 fully saturated rings. The van der Waals surface area contributed by atoms with Crippen LogP contribution in [-0.2, 0) is 4.74 Å². The Morgan fingerprint density at radius 2 is 2.21 bits per heavy atom. The van der Waals surface area contributed by atoms with Gasteiger partial charge in [0, 0.05) is 5.38 Å². The average molecular weight is 279 g/mol. The molecule has 1 aromatic rings. The van der Waals surface area contributed by atoms with E-state index in [0.29, 0.717) is 24.5 Å². The fraction of sp³-hybridized carbons (Fsp3) is 0.444. The van der Waals surface area contributed by atoms with Gasteiger partial charge in [0.05, 0.1) is 13.2 Å². The minimum atomic E-state index is -0.335. The van der Waals surface area contributed by atoms with Crippen LogP contribution < -0.4 is 4.74 Å². The van der Waals surface area contributed by atoms with Gasteiger partial charge in [0.15, 0.2) is 5.75 Å². The molecule has 1 rings (SSSR count). The molecule has 0 saturated carbocycles. The summed E-state index contributed by atoms with van der Waals surface area (Å²) in [6, 6.07) is 0. The summed E-state index contributed by atoms with van der Waals surface area (Å²) in [5.74, 6) is 0.244. The summed E-state index contributed by atoms with van der Waals surface area (Å²) in [6.07, 6.45) is 0. The van der Waals surface area contributed by atoms with E-state index in [4.69, 9.17) is 9.47 Å². The van der Waals surface area contributed by atoms with Crippen molar-refractivity contribution in [2.24, 2.45) is 0 Å². The van der Waals surface area contributed by atoms with Crippen LogP contribution in [-0.4, -0.2) is 19.2 Å². The first-order valence-corrected chi connectivity index (χ1v) is 5.94. The number of hydrogen-bond acceptors (Lipinski definition) is 4. The smallest absolute Gasteiger partial charge is 0.342 e. The third kappa shape index (κ3) is 2.48. The van der Waals surface area contributed by atoms with Gasteiger partial charge in [-0.25, -0.2) is 4.79 Å². The summed E-state index contributed by atoms with van der Waals surface area (Å²) in [7, 11) is 0. The Hall–Kier alpha value is -0.550. The van der Waals surface area contributed by atoms with Gasteiger partial charge in [-0.15, -0.1) is 11.3 Å². The van der Waals surface area contributed by atoms with Gasteiger partial charge in [-0.2, -0.15) is 0 Å². The van der Waals surface area contributed by atoms with Crippen LogP contribution in [0.25, 0.3) is 0 Å². The zero-order valence-corrected chi connectivity index (χ0v) is 10.4. The second kappa shape index (κ2) is 5.36. The highest BCUT2D eigenvalue weighted by molar-refractivity contribution is 9.11. The first-order valence-electron chi connectivity index (χ1n) is 4.27. The molecule has 3 nitrogen and oxygen atoms in total. The highest BCUT2D eigenvalue weighted by atomic mass is 79.9. The summed E-state index contributed by atoms with van der Waals surface area (Å²) in [6.45, 7) is 4.55. The van der Waals surface area contributed by atoms with Crippen molar-refractivity contribution in [3.63, 3.8) is 0 Å². The first kappa shape index (κ1) is 11.5. The molecule has 14 heavy (non-hydrogen) atoms. The molecule has 0 amide bonds. The molecule has 0 aliphatic heterocycles. The van der Waals surface area contributed by atoms with Crippen molar-refractivity contribution in [2.75, 3.05) is 13.2 Å². The average Bonchev–Trinajstić information content (AvgIpc) is 2.50. The van der Waals surface area contributed by atoms with Crippen LogP contribution in [0.3, 0.4) is 0 Å². The third-order valence-electron chi connectivity index (χ3n) is 1.49. The van der Waals surface area contributed by atoms with Crippen molar-refractivity contribution in [1.82, 2.24) is 0 Å². The molecule has 0 atom stereocenters. The van der Waals surface area contributed by atoms with Crippen molar-refractivity contribution in [1.29, 1.82) is 0 Å². The van der Waals surface area contributed by atoms with Gasteiger partial charge in [0.2, 0.25) is 0 Å². The van der Waals surface area contributed by atoms with E-state index in [1.54, 1.807) is 12.3 Å². The Kier molecular flexibility index (Phi) is 4.41. The summed E-state index contributed by atoms with van der Waals surface area (Å²) < 4.78 is 11.1. The Morgan fingerprint density at radius 3 is 2.79 bits per heavy atom. The fourth-order valence-electron chi connectivity index (χ4n) is 0.952. The number of carbonyl (C=O) groups excluding carboxylic acids is 1. The van der Waals surface area contributed by atoms with Gasteiger partial charge in [-0.3, -0.25) is 0 Å². The highest BCUT2D eigenvalue weighted by Gasteiger charge is 2.18. The second-order valence-corrected chi connectivity index (χ2v) is 4.60. The maximum absolute atomic E-state index is 11.4. The Bertz CT molecular complexity index is 322. The van der Waals surface area contributed by atoms with Crippen LogP contribution in [0.1, 0.15) is 24.2 Å². The largest absolute Gasteiger partial charge is 0.491 e. The minimum absolute atomic E-state index is 0.335. The number of ether oxygens (including phenoxy) is 2. The minimum Gasteiger partial charge on any atom is -0.491 e. The zero-order chi connectivity index (χ0) is 10.6. The second-order valence-electron chi connectivity index (χ2n) is 2.41. The maximum atomic E-state index is 11.4. The Morgan fingerprint density at radius 1 is 1.50 bits per heavy atom. The van der Waals surface area contributed by atoms with E-state index in [9.17, 15) is 4.79 Å². The standard InChI is InChI=1S/C9H11BrO3S/c1-3-12-7-6(5-14-8(7)10)9(11)13-4-2/h5H,3-4H2,1-2H3. The number of halogens is 1. The summed E-state index contributed by atoms with van der Waals surface area (Å²) in [5.41, 5.74) is 0.491. The monoisotopic (exact) mass is 278 g/mol. The summed E-state index contributed by atoms with van der Waals surface area (Å²) >= 11 is 4.74. The van der Waals surface area contributed by atoms with E-state index in [-0.39, 0.29) is 5.97 Å². The van der Waals surface area contributed by atoms with Crippen LogP contribution in [0.5, 0.6) is 5.75 Å². The number of hydrogen-bond donors (Lipinski definition) is 0. The number of carbonyl (C=O) groups is 1. The van der Waals surface area contributed by atoms with E-state index < -0.39 is 0 Å². The molecule has 0 aliphatic rings. The van der Waals surface area contributed by atoms with Crippen LogP contribution in [0.2, 0.25) is 0 Å². The van der Waals surface area contributed by atoms with Gasteiger partial charge in [0.1, 0.15) is 9.35 Å². The van der Waals surface area contributed by atoms with Crippen molar-refractivity contribution in [3.8, 4) is 5.75 Å². The number of esters is 1. The molecule has 0 radical (unpaired) electrons. The topological polar surface area (TPSA) is 35.5 Å². The third-order valence-corrected chi connectivity index (χ3v) is 3.15. The van der Waals surface area contributed by atoms with Crippen LogP contribution in [0.15, 0.2) is 9.17 Å². The molecule has 0 N–H and O–H groups in total. The van der Waals surface area contributed by atoms with Crippen molar-refractivity contribution in [3.05, 3.63) is 14.7 Å². The number of rotatable bonds is 4. The summed E-state index contributed by atoms with van der Waals surface area (Å²) in [4.78, 5) is 11.4. The Labute approximate surface area is 95.2 Å².